The van der Waals surface area contributed by atoms with E-state index >= 15 is 0 Å². The molecule has 0 unspecified atom stereocenters. The maximum absolute atomic E-state index is 12.6. The molecule has 0 atom stereocenters. The van der Waals surface area contributed by atoms with Gasteiger partial charge in [-0.2, -0.15) is 0 Å². The highest BCUT2D eigenvalue weighted by molar-refractivity contribution is 7.92. The average Bonchev–Trinajstić information content (AvgIpc) is 3.15. The molecule has 2 aromatic carbocycles. The standard InChI is InChI=1S/C20H18N2O5S2/c1-13-6-8-16(9-7-13)29(25,26)22-15-5-3-4-14(12-15)18(23)21-19-17(10-11-28-19)20(24)27-2/h3-12,22H,1-2H3,(H,21,23). The van der Waals surface area contributed by atoms with Crippen molar-refractivity contribution >= 4 is 43.9 Å². The van der Waals surface area contributed by atoms with E-state index in [0.717, 1.165) is 5.56 Å². The van der Waals surface area contributed by atoms with E-state index in [1.165, 1.54) is 36.6 Å². The van der Waals surface area contributed by atoms with Crippen LogP contribution in [-0.4, -0.2) is 27.4 Å². The highest BCUT2D eigenvalue weighted by atomic mass is 32.2. The number of sulfonamides is 1. The van der Waals surface area contributed by atoms with E-state index in [1.54, 1.807) is 41.8 Å². The van der Waals surface area contributed by atoms with Crippen LogP contribution in [0.25, 0.3) is 0 Å². The van der Waals surface area contributed by atoms with Crippen LogP contribution in [0.1, 0.15) is 26.3 Å². The third kappa shape index (κ3) is 4.82. The molecule has 7 nitrogen and oxygen atoms in total. The van der Waals surface area contributed by atoms with Crippen molar-refractivity contribution in [3.05, 3.63) is 76.7 Å². The lowest BCUT2D eigenvalue weighted by Crippen LogP contribution is -2.16. The minimum absolute atomic E-state index is 0.124. The largest absolute Gasteiger partial charge is 0.465 e. The van der Waals surface area contributed by atoms with Crippen LogP contribution in [0.15, 0.2) is 64.9 Å². The Kier molecular flexibility index (Phi) is 6.00. The van der Waals surface area contributed by atoms with Crippen LogP contribution in [0.3, 0.4) is 0 Å². The van der Waals surface area contributed by atoms with Gasteiger partial charge in [0.25, 0.3) is 15.9 Å². The predicted molar refractivity (Wildman–Crippen MR) is 112 cm³/mol. The molecule has 0 aliphatic heterocycles. The summed E-state index contributed by atoms with van der Waals surface area (Å²) in [5, 5.41) is 4.67. The second-order valence-electron chi connectivity index (χ2n) is 6.11. The second-order valence-corrected chi connectivity index (χ2v) is 8.71. The summed E-state index contributed by atoms with van der Waals surface area (Å²) >= 11 is 1.18. The number of carbonyl (C=O) groups excluding carboxylic acids is 2. The number of aryl methyl sites for hydroxylation is 1. The first kappa shape index (κ1) is 20.6. The van der Waals surface area contributed by atoms with Crippen molar-refractivity contribution in [3.8, 4) is 0 Å². The number of hydrogen-bond acceptors (Lipinski definition) is 6. The Hall–Kier alpha value is -3.17. The van der Waals surface area contributed by atoms with Crippen LogP contribution < -0.4 is 10.0 Å². The van der Waals surface area contributed by atoms with E-state index in [1.807, 2.05) is 6.92 Å². The van der Waals surface area contributed by atoms with Gasteiger partial charge in [0.2, 0.25) is 0 Å². The molecule has 1 heterocycles. The van der Waals surface area contributed by atoms with E-state index in [2.05, 4.69) is 14.8 Å². The highest BCUT2D eigenvalue weighted by Crippen LogP contribution is 2.25. The minimum Gasteiger partial charge on any atom is -0.465 e. The summed E-state index contributed by atoms with van der Waals surface area (Å²) in [4.78, 5) is 24.4. The molecule has 150 valence electrons. The van der Waals surface area contributed by atoms with Crippen molar-refractivity contribution in [2.75, 3.05) is 17.1 Å². The van der Waals surface area contributed by atoms with Crippen molar-refractivity contribution in [2.45, 2.75) is 11.8 Å². The van der Waals surface area contributed by atoms with Crippen LogP contribution >= 0.6 is 11.3 Å². The molecule has 0 spiro atoms. The topological polar surface area (TPSA) is 102 Å². The smallest absolute Gasteiger partial charge is 0.340 e. The SMILES string of the molecule is COC(=O)c1ccsc1NC(=O)c1cccc(NS(=O)(=O)c2ccc(C)cc2)c1. The lowest BCUT2D eigenvalue weighted by atomic mass is 10.2. The lowest BCUT2D eigenvalue weighted by molar-refractivity contribution is 0.0602. The molecule has 3 aromatic rings. The van der Waals surface area contributed by atoms with Gasteiger partial charge in [0, 0.05) is 11.3 Å². The number of ether oxygens (including phenoxy) is 1. The van der Waals surface area contributed by atoms with Gasteiger partial charge in [0.1, 0.15) is 5.00 Å². The van der Waals surface area contributed by atoms with Crippen LogP contribution in [0.5, 0.6) is 0 Å². The molecule has 9 heteroatoms. The van der Waals surface area contributed by atoms with Crippen LogP contribution in [0.2, 0.25) is 0 Å². The summed E-state index contributed by atoms with van der Waals surface area (Å²) in [6.07, 6.45) is 0. The molecule has 29 heavy (non-hydrogen) atoms. The normalized spacial score (nSPS) is 11.0. The fourth-order valence-corrected chi connectivity index (χ4v) is 4.33. The number of carbonyl (C=O) groups is 2. The Morgan fingerprint density at radius 2 is 1.76 bits per heavy atom. The molecule has 1 amide bonds. The minimum atomic E-state index is -3.78. The number of benzene rings is 2. The highest BCUT2D eigenvalue weighted by Gasteiger charge is 2.18. The molecule has 1 aromatic heterocycles. The van der Waals surface area contributed by atoms with E-state index in [9.17, 15) is 18.0 Å². The molecule has 0 aliphatic carbocycles. The number of anilines is 2. The molecule has 0 radical (unpaired) electrons. The van der Waals surface area contributed by atoms with Gasteiger partial charge >= 0.3 is 5.97 Å². The summed E-state index contributed by atoms with van der Waals surface area (Å²) in [6, 6.07) is 14.1. The number of amides is 1. The number of thiophene rings is 1. The number of methoxy groups -OCH3 is 1. The van der Waals surface area contributed by atoms with Gasteiger partial charge in [-0.3, -0.25) is 9.52 Å². The first-order valence-corrected chi connectivity index (χ1v) is 10.8. The third-order valence-electron chi connectivity index (χ3n) is 4.01. The van der Waals surface area contributed by atoms with Gasteiger partial charge in [-0.15, -0.1) is 11.3 Å². The van der Waals surface area contributed by atoms with Crippen molar-refractivity contribution in [3.63, 3.8) is 0 Å². The van der Waals surface area contributed by atoms with E-state index in [-0.39, 0.29) is 21.7 Å². The Morgan fingerprint density at radius 1 is 1.03 bits per heavy atom. The zero-order valence-corrected chi connectivity index (χ0v) is 17.3. The van der Waals surface area contributed by atoms with Gasteiger partial charge in [0.05, 0.1) is 17.6 Å². The fraction of sp³-hybridized carbons (Fsp3) is 0.100. The lowest BCUT2D eigenvalue weighted by Gasteiger charge is -2.10. The summed E-state index contributed by atoms with van der Waals surface area (Å²) < 4.78 is 32.2. The number of hydrogen-bond donors (Lipinski definition) is 2. The predicted octanol–water partition coefficient (Wildman–Crippen LogP) is 3.90. The Bertz CT molecular complexity index is 1150. The van der Waals surface area contributed by atoms with Crippen molar-refractivity contribution in [1.29, 1.82) is 0 Å². The van der Waals surface area contributed by atoms with Crippen LogP contribution in [0.4, 0.5) is 10.7 Å². The molecular weight excluding hydrogens is 412 g/mol. The molecule has 3 rings (SSSR count). The van der Waals surface area contributed by atoms with Crippen molar-refractivity contribution < 1.29 is 22.7 Å². The zero-order valence-electron chi connectivity index (χ0n) is 15.6. The molecule has 0 bridgehead atoms. The Labute approximate surface area is 172 Å². The average molecular weight is 431 g/mol. The van der Waals surface area contributed by atoms with Crippen molar-refractivity contribution in [2.24, 2.45) is 0 Å². The van der Waals surface area contributed by atoms with Gasteiger partial charge in [-0.05, 0) is 48.7 Å². The molecule has 0 saturated heterocycles. The van der Waals surface area contributed by atoms with Crippen LogP contribution in [-0.2, 0) is 14.8 Å². The summed E-state index contributed by atoms with van der Waals surface area (Å²) in [5.41, 5.74) is 1.68. The van der Waals surface area contributed by atoms with Crippen LogP contribution in [0, 0.1) is 6.92 Å². The zero-order chi connectivity index (χ0) is 21.0. The molecule has 0 saturated carbocycles. The summed E-state index contributed by atoms with van der Waals surface area (Å²) in [6.45, 7) is 1.87. The number of rotatable bonds is 6. The van der Waals surface area contributed by atoms with Crippen molar-refractivity contribution in [1.82, 2.24) is 0 Å². The first-order valence-electron chi connectivity index (χ1n) is 8.47. The van der Waals surface area contributed by atoms with Gasteiger partial charge in [-0.1, -0.05) is 23.8 Å². The summed E-state index contributed by atoms with van der Waals surface area (Å²) in [7, 11) is -2.53. The van der Waals surface area contributed by atoms with E-state index in [4.69, 9.17) is 0 Å². The first-order chi connectivity index (χ1) is 13.8. The summed E-state index contributed by atoms with van der Waals surface area (Å²) in [5.74, 6) is -1.03. The Morgan fingerprint density at radius 3 is 2.45 bits per heavy atom. The van der Waals surface area contributed by atoms with Gasteiger partial charge in [0.15, 0.2) is 0 Å². The maximum atomic E-state index is 12.6. The monoisotopic (exact) mass is 430 g/mol. The molecule has 0 fully saturated rings. The second kappa shape index (κ2) is 8.46. The van der Waals surface area contributed by atoms with Gasteiger partial charge in [-0.25, -0.2) is 13.2 Å². The quantitative estimate of drug-likeness (QED) is 0.578. The van der Waals surface area contributed by atoms with E-state index in [0.29, 0.717) is 5.00 Å². The van der Waals surface area contributed by atoms with E-state index < -0.39 is 21.9 Å². The Balaban J connectivity index is 1.79. The molecule has 2 N–H and O–H groups in total. The van der Waals surface area contributed by atoms with Gasteiger partial charge < -0.3 is 10.1 Å². The fourth-order valence-electron chi connectivity index (χ4n) is 2.51. The molecule has 0 aliphatic rings. The number of nitrogens with one attached hydrogen (secondary N) is 2. The number of esters is 1. The molecular formula is C20H18N2O5S2. The third-order valence-corrected chi connectivity index (χ3v) is 6.23. The maximum Gasteiger partial charge on any atom is 0.340 e.